The van der Waals surface area contributed by atoms with E-state index in [-0.39, 0.29) is 41.3 Å². The van der Waals surface area contributed by atoms with E-state index in [4.69, 9.17) is 69.6 Å². The molecular formula is C12H4Cl6O2. The predicted molar refractivity (Wildman–Crippen MR) is 85.3 cm³/mol. The molecule has 2 rings (SSSR count). The maximum atomic E-state index is 10.1. The predicted octanol–water partition coefficient (Wildman–Crippen LogP) is 6.69. The van der Waals surface area contributed by atoms with Gasteiger partial charge in [0.15, 0.2) is 0 Å². The molecule has 0 bridgehead atoms. The Morgan fingerprint density at radius 2 is 0.850 bits per heavy atom. The number of hydrogen-bond acceptors (Lipinski definition) is 2. The Labute approximate surface area is 144 Å². The molecule has 0 heterocycles. The minimum atomic E-state index is -0.392. The van der Waals surface area contributed by atoms with E-state index in [2.05, 4.69) is 0 Å². The van der Waals surface area contributed by atoms with Crippen LogP contribution in [0.5, 0.6) is 11.5 Å². The number of phenolic OH excluding ortho intramolecular Hbond substituents is 2. The van der Waals surface area contributed by atoms with E-state index < -0.39 is 11.5 Å². The van der Waals surface area contributed by atoms with Gasteiger partial charge in [-0.05, 0) is 12.1 Å². The molecule has 0 aliphatic heterocycles. The Kier molecular flexibility index (Phi) is 4.75. The molecule has 8 heteroatoms. The summed E-state index contributed by atoms with van der Waals surface area (Å²) >= 11 is 35.6. The zero-order valence-electron chi connectivity index (χ0n) is 9.32. The van der Waals surface area contributed by atoms with Crippen LogP contribution in [0.2, 0.25) is 30.1 Å². The topological polar surface area (TPSA) is 40.5 Å². The van der Waals surface area contributed by atoms with Gasteiger partial charge in [-0.25, -0.2) is 0 Å². The van der Waals surface area contributed by atoms with Crippen LogP contribution in [-0.2, 0) is 0 Å². The van der Waals surface area contributed by atoms with Crippen molar-refractivity contribution in [1.82, 2.24) is 0 Å². The molecule has 0 saturated carbocycles. The van der Waals surface area contributed by atoms with Crippen LogP contribution >= 0.6 is 69.6 Å². The molecule has 0 radical (unpaired) electrons. The average molecular weight is 393 g/mol. The zero-order chi connectivity index (χ0) is 15.2. The molecule has 2 aromatic rings. The fraction of sp³-hybridized carbons (Fsp3) is 0. The number of halogens is 6. The molecule has 0 unspecified atom stereocenters. The number of phenols is 2. The van der Waals surface area contributed by atoms with Gasteiger partial charge in [0, 0.05) is 0 Å². The quantitative estimate of drug-likeness (QED) is 0.531. The van der Waals surface area contributed by atoms with Crippen LogP contribution in [0.3, 0.4) is 0 Å². The molecule has 0 saturated heterocycles. The van der Waals surface area contributed by atoms with E-state index in [0.29, 0.717) is 0 Å². The first kappa shape index (κ1) is 16.2. The molecule has 20 heavy (non-hydrogen) atoms. The third kappa shape index (κ3) is 2.61. The Morgan fingerprint density at radius 1 is 0.550 bits per heavy atom. The van der Waals surface area contributed by atoms with Crippen molar-refractivity contribution in [2.45, 2.75) is 0 Å². The van der Waals surface area contributed by atoms with Crippen molar-refractivity contribution in [1.29, 1.82) is 0 Å². The second kappa shape index (κ2) is 5.88. The first-order valence-electron chi connectivity index (χ1n) is 4.99. The minimum absolute atomic E-state index is 0.0379. The van der Waals surface area contributed by atoms with E-state index in [1.165, 1.54) is 12.1 Å². The summed E-state index contributed by atoms with van der Waals surface area (Å²) in [5.74, 6) is -0.784. The van der Waals surface area contributed by atoms with Crippen LogP contribution in [-0.4, -0.2) is 10.2 Å². The first-order valence-corrected chi connectivity index (χ1v) is 7.25. The molecule has 0 aromatic heterocycles. The summed E-state index contributed by atoms with van der Waals surface area (Å²) in [6.07, 6.45) is 0. The van der Waals surface area contributed by atoms with E-state index in [0.717, 1.165) is 0 Å². The van der Waals surface area contributed by atoms with Crippen molar-refractivity contribution in [3.05, 3.63) is 42.3 Å². The molecule has 0 atom stereocenters. The van der Waals surface area contributed by atoms with Crippen LogP contribution in [0.15, 0.2) is 12.1 Å². The molecule has 2 nitrogen and oxygen atoms in total. The molecule has 0 amide bonds. The van der Waals surface area contributed by atoms with Gasteiger partial charge in [0.25, 0.3) is 0 Å². The molecule has 2 N–H and O–H groups in total. The lowest BCUT2D eigenvalue weighted by atomic mass is 10.0. The molecule has 0 fully saturated rings. The summed E-state index contributed by atoms with van der Waals surface area (Å²) in [5.41, 5.74) is -0.0906. The minimum Gasteiger partial charge on any atom is -0.506 e. The summed E-state index contributed by atoms with van der Waals surface area (Å²) in [5, 5.41) is 20.1. The lowest BCUT2D eigenvalue weighted by Crippen LogP contribution is -1.88. The smallest absolute Gasteiger partial charge is 0.143 e. The largest absolute Gasteiger partial charge is 0.506 e. The van der Waals surface area contributed by atoms with Crippen LogP contribution in [0.25, 0.3) is 11.1 Å². The molecule has 0 aliphatic rings. The molecule has 0 spiro atoms. The van der Waals surface area contributed by atoms with Gasteiger partial charge in [-0.2, -0.15) is 0 Å². The number of rotatable bonds is 1. The number of benzene rings is 2. The summed E-state index contributed by atoms with van der Waals surface area (Å²) in [6.45, 7) is 0. The van der Waals surface area contributed by atoms with Gasteiger partial charge < -0.3 is 10.2 Å². The van der Waals surface area contributed by atoms with Crippen molar-refractivity contribution in [3.8, 4) is 22.6 Å². The SMILES string of the molecule is Oc1c(Cl)cc(Cl)c(Cl)c1-c1c(O)c(Cl)cc(Cl)c1Cl. The highest BCUT2D eigenvalue weighted by atomic mass is 35.5. The molecular weight excluding hydrogens is 389 g/mol. The van der Waals surface area contributed by atoms with Crippen molar-refractivity contribution in [2.75, 3.05) is 0 Å². The fourth-order valence-electron chi connectivity index (χ4n) is 1.63. The van der Waals surface area contributed by atoms with Crippen molar-refractivity contribution >= 4 is 69.6 Å². The lowest BCUT2D eigenvalue weighted by molar-refractivity contribution is 0.469. The van der Waals surface area contributed by atoms with Crippen LogP contribution in [0.4, 0.5) is 0 Å². The maximum absolute atomic E-state index is 10.1. The molecule has 0 aliphatic carbocycles. The highest BCUT2D eigenvalue weighted by Crippen LogP contribution is 2.52. The highest BCUT2D eigenvalue weighted by Gasteiger charge is 2.24. The second-order valence-corrected chi connectivity index (χ2v) is 6.14. The summed E-state index contributed by atoms with van der Waals surface area (Å²) < 4.78 is 0. The van der Waals surface area contributed by atoms with Crippen LogP contribution < -0.4 is 0 Å². The van der Waals surface area contributed by atoms with Gasteiger partial charge in [-0.1, -0.05) is 69.6 Å². The molecule has 106 valence electrons. The average Bonchev–Trinajstić information content (AvgIpc) is 2.38. The molecule has 2 aromatic carbocycles. The second-order valence-electron chi connectivity index (χ2n) is 3.76. The van der Waals surface area contributed by atoms with Crippen LogP contribution in [0, 0.1) is 0 Å². The standard InChI is InChI=1S/C12H4Cl6O2/c13-3-1-5(15)11(19)7(9(3)17)8-10(18)4(14)2-6(16)12(8)20/h1-2,19-20H. The highest BCUT2D eigenvalue weighted by molar-refractivity contribution is 6.48. The van der Waals surface area contributed by atoms with E-state index in [1.807, 2.05) is 0 Å². The first-order chi connectivity index (χ1) is 9.25. The lowest BCUT2D eigenvalue weighted by Gasteiger charge is -2.15. The zero-order valence-corrected chi connectivity index (χ0v) is 13.9. The van der Waals surface area contributed by atoms with Crippen molar-refractivity contribution < 1.29 is 10.2 Å². The fourth-order valence-corrected chi connectivity index (χ4v) is 3.03. The Bertz CT molecular complexity index is 600. The van der Waals surface area contributed by atoms with E-state index in [1.54, 1.807) is 0 Å². The summed E-state index contributed by atoms with van der Waals surface area (Å²) in [4.78, 5) is 0. The number of aromatic hydroxyl groups is 2. The van der Waals surface area contributed by atoms with Crippen molar-refractivity contribution in [2.24, 2.45) is 0 Å². The Balaban J connectivity index is 2.96. The monoisotopic (exact) mass is 390 g/mol. The van der Waals surface area contributed by atoms with Gasteiger partial charge >= 0.3 is 0 Å². The van der Waals surface area contributed by atoms with Gasteiger partial charge in [-0.15, -0.1) is 0 Å². The van der Waals surface area contributed by atoms with Crippen molar-refractivity contribution in [3.63, 3.8) is 0 Å². The third-order valence-corrected chi connectivity index (χ3v) is 4.69. The third-order valence-electron chi connectivity index (χ3n) is 2.54. The normalized spacial score (nSPS) is 10.9. The summed E-state index contributed by atoms with van der Waals surface area (Å²) in [7, 11) is 0. The Morgan fingerprint density at radius 3 is 1.15 bits per heavy atom. The van der Waals surface area contributed by atoms with Gasteiger partial charge in [-0.3, -0.25) is 0 Å². The van der Waals surface area contributed by atoms with Gasteiger partial charge in [0.2, 0.25) is 0 Å². The van der Waals surface area contributed by atoms with E-state index >= 15 is 0 Å². The van der Waals surface area contributed by atoms with Crippen LogP contribution in [0.1, 0.15) is 0 Å². The van der Waals surface area contributed by atoms with Gasteiger partial charge in [0.1, 0.15) is 11.5 Å². The van der Waals surface area contributed by atoms with E-state index in [9.17, 15) is 10.2 Å². The van der Waals surface area contributed by atoms with Gasteiger partial charge in [0.05, 0.1) is 41.3 Å². The Hall–Kier alpha value is -0.220. The number of hydrogen-bond donors (Lipinski definition) is 2. The maximum Gasteiger partial charge on any atom is 0.143 e. The summed E-state index contributed by atoms with van der Waals surface area (Å²) in [6, 6.07) is 2.53.